The van der Waals surface area contributed by atoms with Gasteiger partial charge in [0.05, 0.1) is 18.8 Å². The van der Waals surface area contributed by atoms with Gasteiger partial charge in [0.1, 0.15) is 0 Å². The van der Waals surface area contributed by atoms with Crippen molar-refractivity contribution >= 4 is 0 Å². The summed E-state index contributed by atoms with van der Waals surface area (Å²) in [5, 5.41) is 0. The van der Waals surface area contributed by atoms with E-state index in [1.54, 1.807) is 13.8 Å². The van der Waals surface area contributed by atoms with E-state index in [9.17, 15) is 13.2 Å². The van der Waals surface area contributed by atoms with Crippen LogP contribution in [0.15, 0.2) is 24.3 Å². The fourth-order valence-corrected chi connectivity index (χ4v) is 2.29. The molecule has 2 nitrogen and oxygen atoms in total. The predicted molar refractivity (Wildman–Crippen MR) is 64.6 cm³/mol. The number of aryl methyl sites for hydroxylation is 1. The molecule has 2 rings (SSSR count). The van der Waals surface area contributed by atoms with Gasteiger partial charge in [0.2, 0.25) is 0 Å². The van der Waals surface area contributed by atoms with Gasteiger partial charge in [-0.2, -0.15) is 0 Å². The van der Waals surface area contributed by atoms with E-state index >= 15 is 0 Å². The van der Waals surface area contributed by atoms with Crippen molar-refractivity contribution in [2.24, 2.45) is 5.41 Å². The lowest BCUT2D eigenvalue weighted by atomic mass is 9.72. The minimum absolute atomic E-state index is 0.263. The number of alkyl halides is 3. The molecular weight excluding hydrogens is 257 g/mol. The first-order valence-electron chi connectivity index (χ1n) is 6.15. The summed E-state index contributed by atoms with van der Waals surface area (Å²) in [6, 6.07) is 7.62. The van der Waals surface area contributed by atoms with E-state index in [1.165, 1.54) is 0 Å². The van der Waals surface area contributed by atoms with E-state index < -0.39 is 18.4 Å². The molecule has 1 aliphatic heterocycles. The van der Waals surface area contributed by atoms with Crippen LogP contribution in [0.4, 0.5) is 13.2 Å². The first-order valence-corrected chi connectivity index (χ1v) is 6.15. The quantitative estimate of drug-likeness (QED) is 0.829. The lowest BCUT2D eigenvalue weighted by Crippen LogP contribution is -2.54. The van der Waals surface area contributed by atoms with Crippen LogP contribution in [0, 0.1) is 12.3 Å². The molecule has 0 amide bonds. The molecule has 0 aromatic heterocycles. The summed E-state index contributed by atoms with van der Waals surface area (Å²) in [5.74, 6) is 0. The Bertz CT molecular complexity index is 441. The highest BCUT2D eigenvalue weighted by Crippen LogP contribution is 2.51. The van der Waals surface area contributed by atoms with Gasteiger partial charge in [0.25, 0.3) is 0 Å². The van der Waals surface area contributed by atoms with Crippen molar-refractivity contribution in [1.29, 1.82) is 0 Å². The van der Waals surface area contributed by atoms with Crippen molar-refractivity contribution in [3.63, 3.8) is 0 Å². The number of rotatable bonds is 3. The van der Waals surface area contributed by atoms with E-state index in [0.717, 1.165) is 11.1 Å². The monoisotopic (exact) mass is 274 g/mol. The molecule has 106 valence electrons. The molecule has 1 aliphatic rings. The molecule has 0 bridgehead atoms. The van der Waals surface area contributed by atoms with Gasteiger partial charge < -0.3 is 4.74 Å². The number of halogens is 3. The lowest BCUT2D eigenvalue weighted by molar-refractivity contribution is -0.359. The van der Waals surface area contributed by atoms with Gasteiger partial charge in [-0.3, -0.25) is 4.74 Å². The second-order valence-electron chi connectivity index (χ2n) is 5.31. The highest BCUT2D eigenvalue weighted by atomic mass is 19.4. The van der Waals surface area contributed by atoms with Crippen molar-refractivity contribution in [3.8, 4) is 0 Å². The van der Waals surface area contributed by atoms with Crippen LogP contribution >= 0.6 is 0 Å². The Morgan fingerprint density at radius 3 is 2.32 bits per heavy atom. The third kappa shape index (κ3) is 2.92. The largest absolute Gasteiger partial charge is 0.522 e. The average molecular weight is 274 g/mol. The van der Waals surface area contributed by atoms with Crippen LogP contribution in [0.25, 0.3) is 0 Å². The Hall–Kier alpha value is -1.07. The van der Waals surface area contributed by atoms with Gasteiger partial charge in [0.15, 0.2) is 0 Å². The maximum Gasteiger partial charge on any atom is 0.522 e. The molecule has 0 saturated carbocycles. The number of benzene rings is 1. The van der Waals surface area contributed by atoms with Crippen LogP contribution < -0.4 is 0 Å². The van der Waals surface area contributed by atoms with Crippen LogP contribution in [0.3, 0.4) is 0 Å². The van der Waals surface area contributed by atoms with Gasteiger partial charge in [-0.15, -0.1) is 13.2 Å². The van der Waals surface area contributed by atoms with Crippen molar-refractivity contribution < 1.29 is 22.6 Å². The standard InChI is InChI=1S/C14H17F3O2/c1-9-4-6-11(7-5-9)12-13(3,10(2)19-12)8-18-14(15,16)17/h4-7,10,12H,8H2,1-3H3. The van der Waals surface area contributed by atoms with E-state index in [2.05, 4.69) is 4.74 Å². The van der Waals surface area contributed by atoms with Crippen LogP contribution in [0.2, 0.25) is 0 Å². The van der Waals surface area contributed by atoms with Crippen molar-refractivity contribution in [2.45, 2.75) is 39.3 Å². The van der Waals surface area contributed by atoms with E-state index in [-0.39, 0.29) is 12.2 Å². The zero-order valence-corrected chi connectivity index (χ0v) is 11.1. The summed E-state index contributed by atoms with van der Waals surface area (Å²) >= 11 is 0. The van der Waals surface area contributed by atoms with Crippen LogP contribution in [-0.4, -0.2) is 19.1 Å². The summed E-state index contributed by atoms with van der Waals surface area (Å²) in [4.78, 5) is 0. The third-order valence-electron chi connectivity index (χ3n) is 3.79. The minimum atomic E-state index is -4.60. The Morgan fingerprint density at radius 2 is 1.84 bits per heavy atom. The Morgan fingerprint density at radius 1 is 1.26 bits per heavy atom. The smallest absolute Gasteiger partial charge is 0.369 e. The van der Waals surface area contributed by atoms with Gasteiger partial charge >= 0.3 is 6.36 Å². The van der Waals surface area contributed by atoms with E-state index in [0.29, 0.717) is 0 Å². The number of ether oxygens (including phenoxy) is 2. The topological polar surface area (TPSA) is 18.5 Å². The molecule has 1 heterocycles. The maximum absolute atomic E-state index is 12.2. The fourth-order valence-electron chi connectivity index (χ4n) is 2.29. The Labute approximate surface area is 110 Å². The second kappa shape index (κ2) is 4.80. The molecule has 1 aromatic carbocycles. The third-order valence-corrected chi connectivity index (χ3v) is 3.79. The Balaban J connectivity index is 2.12. The summed E-state index contributed by atoms with van der Waals surface area (Å²) < 4.78 is 46.2. The maximum atomic E-state index is 12.2. The SMILES string of the molecule is Cc1ccc(C2OC(C)C2(C)COC(F)(F)F)cc1. The van der Waals surface area contributed by atoms with Gasteiger partial charge in [-0.05, 0) is 19.4 Å². The lowest BCUT2D eigenvalue weighted by Gasteiger charge is -2.52. The Kier molecular flexibility index (Phi) is 3.62. The average Bonchev–Trinajstić information content (AvgIpc) is 2.33. The highest BCUT2D eigenvalue weighted by Gasteiger charge is 2.53. The molecule has 1 saturated heterocycles. The summed E-state index contributed by atoms with van der Waals surface area (Å²) in [6.45, 7) is 5.10. The van der Waals surface area contributed by atoms with Crippen molar-refractivity contribution in [1.82, 2.24) is 0 Å². The molecule has 3 atom stereocenters. The fraction of sp³-hybridized carbons (Fsp3) is 0.571. The highest BCUT2D eigenvalue weighted by molar-refractivity contribution is 5.27. The van der Waals surface area contributed by atoms with E-state index in [4.69, 9.17) is 4.74 Å². The minimum Gasteiger partial charge on any atom is -0.369 e. The van der Waals surface area contributed by atoms with Gasteiger partial charge in [-0.1, -0.05) is 36.8 Å². The second-order valence-corrected chi connectivity index (χ2v) is 5.31. The molecule has 0 radical (unpaired) electrons. The molecule has 0 aliphatic carbocycles. The first-order chi connectivity index (χ1) is 8.72. The molecule has 1 aromatic rings. The number of hydrogen-bond donors (Lipinski definition) is 0. The molecule has 1 fully saturated rings. The van der Waals surface area contributed by atoms with Crippen molar-refractivity contribution in [2.75, 3.05) is 6.61 Å². The van der Waals surface area contributed by atoms with Crippen LogP contribution in [0.1, 0.15) is 31.1 Å². The molecule has 5 heteroatoms. The van der Waals surface area contributed by atoms with Gasteiger partial charge in [0, 0.05) is 5.41 Å². The normalized spacial score (nSPS) is 31.1. The summed E-state index contributed by atoms with van der Waals surface area (Å²) in [6.07, 6.45) is -5.22. The predicted octanol–water partition coefficient (Wildman–Crippen LogP) is 4.00. The van der Waals surface area contributed by atoms with Crippen LogP contribution in [0.5, 0.6) is 0 Å². The number of hydrogen-bond acceptors (Lipinski definition) is 2. The molecule has 0 N–H and O–H groups in total. The summed E-state index contributed by atoms with van der Waals surface area (Å²) in [5.41, 5.74) is 1.33. The van der Waals surface area contributed by atoms with Gasteiger partial charge in [-0.25, -0.2) is 0 Å². The molecule has 0 spiro atoms. The zero-order valence-electron chi connectivity index (χ0n) is 11.1. The summed E-state index contributed by atoms with van der Waals surface area (Å²) in [7, 11) is 0. The molecule has 3 unspecified atom stereocenters. The first kappa shape index (κ1) is 14.3. The zero-order chi connectivity index (χ0) is 14.3. The van der Waals surface area contributed by atoms with Crippen LogP contribution in [-0.2, 0) is 9.47 Å². The van der Waals surface area contributed by atoms with E-state index in [1.807, 2.05) is 31.2 Å². The molecular formula is C14H17F3O2. The van der Waals surface area contributed by atoms with Crippen molar-refractivity contribution in [3.05, 3.63) is 35.4 Å². The molecule has 19 heavy (non-hydrogen) atoms.